The van der Waals surface area contributed by atoms with Gasteiger partial charge in [0.1, 0.15) is 0 Å². The van der Waals surface area contributed by atoms with Crippen molar-refractivity contribution in [3.8, 4) is 0 Å². The predicted octanol–water partition coefficient (Wildman–Crippen LogP) is 3.20. The SMILES string of the molecule is CC(=O)c1cccc(NC(=O)c2cc(S(C)(=O)=O)ccc2Cl)c1. The van der Waals surface area contributed by atoms with E-state index in [4.69, 9.17) is 11.6 Å². The number of Topliss-reactive ketones (excluding diaryl/α,β-unsaturated/α-hetero) is 1. The van der Waals surface area contributed by atoms with E-state index in [2.05, 4.69) is 5.32 Å². The summed E-state index contributed by atoms with van der Waals surface area (Å²) in [6.07, 6.45) is 1.05. The first kappa shape index (κ1) is 17.2. The van der Waals surface area contributed by atoms with Gasteiger partial charge in [-0.15, -0.1) is 0 Å². The molecule has 23 heavy (non-hydrogen) atoms. The fourth-order valence-electron chi connectivity index (χ4n) is 1.92. The Bertz CT molecular complexity index is 891. The van der Waals surface area contributed by atoms with E-state index in [0.29, 0.717) is 11.3 Å². The van der Waals surface area contributed by atoms with Crippen LogP contribution in [0.25, 0.3) is 0 Å². The lowest BCUT2D eigenvalue weighted by Crippen LogP contribution is -2.13. The lowest BCUT2D eigenvalue weighted by Gasteiger charge is -2.09. The van der Waals surface area contributed by atoms with E-state index in [1.165, 1.54) is 31.2 Å². The number of carbonyl (C=O) groups is 2. The third kappa shape index (κ3) is 4.18. The number of anilines is 1. The summed E-state index contributed by atoms with van der Waals surface area (Å²) in [4.78, 5) is 23.7. The summed E-state index contributed by atoms with van der Waals surface area (Å²) in [5.41, 5.74) is 0.921. The minimum absolute atomic E-state index is 0.00420. The molecule has 2 aromatic carbocycles. The molecule has 5 nitrogen and oxygen atoms in total. The lowest BCUT2D eigenvalue weighted by atomic mass is 10.1. The van der Waals surface area contributed by atoms with Gasteiger partial charge in [-0.3, -0.25) is 9.59 Å². The molecule has 0 heterocycles. The van der Waals surface area contributed by atoms with Gasteiger partial charge in [-0.25, -0.2) is 8.42 Å². The van der Waals surface area contributed by atoms with Crippen LogP contribution in [0.5, 0.6) is 0 Å². The van der Waals surface area contributed by atoms with E-state index in [1.807, 2.05) is 0 Å². The number of sulfone groups is 1. The van der Waals surface area contributed by atoms with Gasteiger partial charge >= 0.3 is 0 Å². The number of nitrogens with one attached hydrogen (secondary N) is 1. The Hall–Kier alpha value is -2.18. The van der Waals surface area contributed by atoms with Gasteiger partial charge in [0.15, 0.2) is 15.6 Å². The summed E-state index contributed by atoms with van der Waals surface area (Å²) < 4.78 is 23.2. The average Bonchev–Trinajstić information content (AvgIpc) is 2.46. The molecule has 0 atom stereocenters. The maximum Gasteiger partial charge on any atom is 0.257 e. The second kappa shape index (κ2) is 6.52. The highest BCUT2D eigenvalue weighted by molar-refractivity contribution is 7.90. The van der Waals surface area contributed by atoms with Crippen LogP contribution in [-0.4, -0.2) is 26.4 Å². The summed E-state index contributed by atoms with van der Waals surface area (Å²) in [5.74, 6) is -0.681. The predicted molar refractivity (Wildman–Crippen MR) is 89.0 cm³/mol. The van der Waals surface area contributed by atoms with Crippen LogP contribution in [0, 0.1) is 0 Å². The minimum atomic E-state index is -3.45. The standard InChI is InChI=1S/C16H14ClNO4S/c1-10(19)11-4-3-5-12(8-11)18-16(20)14-9-13(23(2,21)22)6-7-15(14)17/h3-9H,1-2H3,(H,18,20). The van der Waals surface area contributed by atoms with Crippen LogP contribution in [0.4, 0.5) is 5.69 Å². The second-order valence-electron chi connectivity index (χ2n) is 5.00. The van der Waals surface area contributed by atoms with Crippen molar-refractivity contribution in [1.29, 1.82) is 0 Å². The number of hydrogen-bond donors (Lipinski definition) is 1. The summed E-state index contributed by atoms with van der Waals surface area (Å²) in [7, 11) is -3.45. The van der Waals surface area contributed by atoms with Gasteiger partial charge in [0, 0.05) is 17.5 Å². The van der Waals surface area contributed by atoms with Crippen molar-refractivity contribution < 1.29 is 18.0 Å². The second-order valence-corrected chi connectivity index (χ2v) is 7.43. The van der Waals surface area contributed by atoms with Gasteiger partial charge in [-0.1, -0.05) is 23.7 Å². The molecule has 0 fully saturated rings. The lowest BCUT2D eigenvalue weighted by molar-refractivity contribution is 0.101. The maximum absolute atomic E-state index is 12.3. The molecule has 0 unspecified atom stereocenters. The van der Waals surface area contributed by atoms with Crippen LogP contribution in [0.15, 0.2) is 47.4 Å². The molecule has 0 aromatic heterocycles. The van der Waals surface area contributed by atoms with Crippen molar-refractivity contribution in [2.24, 2.45) is 0 Å². The Labute approximate surface area is 139 Å². The van der Waals surface area contributed by atoms with Crippen LogP contribution in [0.3, 0.4) is 0 Å². The smallest absolute Gasteiger partial charge is 0.257 e. The molecule has 7 heteroatoms. The molecule has 0 bridgehead atoms. The zero-order valence-corrected chi connectivity index (χ0v) is 14.0. The number of ketones is 1. The Morgan fingerprint density at radius 1 is 1.09 bits per heavy atom. The van der Waals surface area contributed by atoms with Crippen molar-refractivity contribution in [3.05, 3.63) is 58.6 Å². The summed E-state index contributed by atoms with van der Waals surface area (Å²) >= 11 is 5.98. The van der Waals surface area contributed by atoms with E-state index in [-0.39, 0.29) is 21.3 Å². The third-order valence-electron chi connectivity index (χ3n) is 3.14. The van der Waals surface area contributed by atoms with Crippen molar-refractivity contribution in [2.75, 3.05) is 11.6 Å². The molecule has 0 aliphatic rings. The minimum Gasteiger partial charge on any atom is -0.322 e. The summed E-state index contributed by atoms with van der Waals surface area (Å²) in [5, 5.41) is 2.74. The fourth-order valence-corrected chi connectivity index (χ4v) is 2.77. The van der Waals surface area contributed by atoms with Gasteiger partial charge < -0.3 is 5.32 Å². The zero-order valence-electron chi connectivity index (χ0n) is 12.5. The van der Waals surface area contributed by atoms with E-state index in [9.17, 15) is 18.0 Å². The molecule has 0 saturated heterocycles. The largest absolute Gasteiger partial charge is 0.322 e. The van der Waals surface area contributed by atoms with Crippen LogP contribution < -0.4 is 5.32 Å². The Kier molecular flexibility index (Phi) is 4.87. The van der Waals surface area contributed by atoms with Crippen LogP contribution in [0.2, 0.25) is 5.02 Å². The molecule has 2 rings (SSSR count). The highest BCUT2D eigenvalue weighted by Gasteiger charge is 2.16. The molecule has 0 aliphatic heterocycles. The van der Waals surface area contributed by atoms with Gasteiger partial charge in [-0.2, -0.15) is 0 Å². The van der Waals surface area contributed by atoms with Gasteiger partial charge in [0.2, 0.25) is 0 Å². The number of halogens is 1. The summed E-state index contributed by atoms with van der Waals surface area (Å²) in [6.45, 7) is 1.42. The van der Waals surface area contributed by atoms with Crippen LogP contribution in [-0.2, 0) is 9.84 Å². The Morgan fingerprint density at radius 3 is 2.39 bits per heavy atom. The topological polar surface area (TPSA) is 80.3 Å². The summed E-state index contributed by atoms with van der Waals surface area (Å²) in [6, 6.07) is 10.4. The fraction of sp³-hybridized carbons (Fsp3) is 0.125. The van der Waals surface area contributed by atoms with E-state index in [0.717, 1.165) is 6.26 Å². The van der Waals surface area contributed by atoms with Crippen molar-refractivity contribution in [3.63, 3.8) is 0 Å². The first-order chi connectivity index (χ1) is 10.7. The van der Waals surface area contributed by atoms with Crippen LogP contribution >= 0.6 is 11.6 Å². The molecular weight excluding hydrogens is 338 g/mol. The average molecular weight is 352 g/mol. The first-order valence-electron chi connectivity index (χ1n) is 6.60. The Morgan fingerprint density at radius 2 is 1.78 bits per heavy atom. The van der Waals surface area contributed by atoms with Crippen molar-refractivity contribution in [2.45, 2.75) is 11.8 Å². The van der Waals surface area contributed by atoms with Gasteiger partial charge in [0.05, 0.1) is 15.5 Å². The molecule has 1 N–H and O–H groups in total. The number of hydrogen-bond acceptors (Lipinski definition) is 4. The van der Waals surface area contributed by atoms with E-state index >= 15 is 0 Å². The Balaban J connectivity index is 2.34. The quantitative estimate of drug-likeness (QED) is 0.858. The highest BCUT2D eigenvalue weighted by atomic mass is 35.5. The molecule has 120 valence electrons. The van der Waals surface area contributed by atoms with Crippen molar-refractivity contribution >= 4 is 38.8 Å². The zero-order chi connectivity index (χ0) is 17.2. The molecule has 0 spiro atoms. The van der Waals surface area contributed by atoms with E-state index in [1.54, 1.807) is 18.2 Å². The molecule has 0 saturated carbocycles. The highest BCUT2D eigenvalue weighted by Crippen LogP contribution is 2.22. The van der Waals surface area contributed by atoms with Gasteiger partial charge in [-0.05, 0) is 37.3 Å². The number of benzene rings is 2. The van der Waals surface area contributed by atoms with Crippen molar-refractivity contribution in [1.82, 2.24) is 0 Å². The normalized spacial score (nSPS) is 11.1. The maximum atomic E-state index is 12.3. The number of carbonyl (C=O) groups excluding carboxylic acids is 2. The number of rotatable bonds is 4. The molecule has 1 amide bonds. The molecule has 0 aliphatic carbocycles. The number of amides is 1. The molecule has 2 aromatic rings. The van der Waals surface area contributed by atoms with Crippen LogP contribution in [0.1, 0.15) is 27.6 Å². The molecule has 0 radical (unpaired) electrons. The first-order valence-corrected chi connectivity index (χ1v) is 8.87. The molecular formula is C16H14ClNO4S. The monoisotopic (exact) mass is 351 g/mol. The van der Waals surface area contributed by atoms with Gasteiger partial charge in [0.25, 0.3) is 5.91 Å². The van der Waals surface area contributed by atoms with E-state index < -0.39 is 15.7 Å². The third-order valence-corrected chi connectivity index (χ3v) is 4.58.